The van der Waals surface area contributed by atoms with E-state index in [-0.39, 0.29) is 0 Å². The highest BCUT2D eigenvalue weighted by atomic mass is 15.5. The molecule has 2 atom stereocenters. The summed E-state index contributed by atoms with van der Waals surface area (Å²) in [6.45, 7) is 6.87. The summed E-state index contributed by atoms with van der Waals surface area (Å²) in [5.41, 5.74) is 0. The Bertz CT molecular complexity index is 158. The molecule has 3 nitrogen and oxygen atoms in total. The Hall–Kier alpha value is -0.120. The van der Waals surface area contributed by atoms with Crippen molar-refractivity contribution in [2.75, 3.05) is 34.2 Å². The van der Waals surface area contributed by atoms with Crippen molar-refractivity contribution >= 4 is 0 Å². The lowest BCUT2D eigenvalue weighted by atomic mass is 10.2. The van der Waals surface area contributed by atoms with Crippen LogP contribution in [0, 0.1) is 0 Å². The molecule has 1 aliphatic heterocycles. The van der Waals surface area contributed by atoms with Crippen LogP contribution in [0.1, 0.15) is 20.3 Å². The molecule has 0 aliphatic carbocycles. The van der Waals surface area contributed by atoms with Gasteiger partial charge in [-0.15, -0.1) is 0 Å². The average molecular weight is 185 g/mol. The van der Waals surface area contributed by atoms with Gasteiger partial charge < -0.3 is 0 Å². The minimum absolute atomic E-state index is 0.495. The van der Waals surface area contributed by atoms with Gasteiger partial charge in [0.15, 0.2) is 0 Å². The van der Waals surface area contributed by atoms with Crippen LogP contribution >= 0.6 is 0 Å². The van der Waals surface area contributed by atoms with E-state index >= 15 is 0 Å². The predicted octanol–water partition coefficient (Wildman–Crippen LogP) is 0.878. The van der Waals surface area contributed by atoms with Crippen LogP contribution in [0.4, 0.5) is 0 Å². The Morgan fingerprint density at radius 3 is 2.31 bits per heavy atom. The standard InChI is InChI=1S/C10H23N3/c1-6-9-8-12(5)10(11(3)4)13(9)7-2/h9-10H,6-8H2,1-5H3. The van der Waals surface area contributed by atoms with Crippen LogP contribution in [-0.4, -0.2) is 61.3 Å². The molecule has 0 spiro atoms. The quantitative estimate of drug-likeness (QED) is 0.646. The molecule has 1 saturated heterocycles. The van der Waals surface area contributed by atoms with Gasteiger partial charge in [0.1, 0.15) is 6.29 Å². The normalized spacial score (nSPS) is 31.8. The summed E-state index contributed by atoms with van der Waals surface area (Å²) in [5, 5.41) is 0. The van der Waals surface area contributed by atoms with Gasteiger partial charge in [-0.05, 0) is 34.1 Å². The highest BCUT2D eigenvalue weighted by molar-refractivity contribution is 4.85. The molecular formula is C10H23N3. The van der Waals surface area contributed by atoms with E-state index in [0.29, 0.717) is 6.29 Å². The van der Waals surface area contributed by atoms with Crippen molar-refractivity contribution in [2.24, 2.45) is 0 Å². The molecule has 0 bridgehead atoms. The summed E-state index contributed by atoms with van der Waals surface area (Å²) in [6.07, 6.45) is 1.75. The smallest absolute Gasteiger partial charge is 0.119 e. The van der Waals surface area contributed by atoms with E-state index < -0.39 is 0 Å². The maximum atomic E-state index is 2.57. The Balaban J connectivity index is 2.70. The molecule has 2 unspecified atom stereocenters. The summed E-state index contributed by atoms with van der Waals surface area (Å²) in [5.74, 6) is 0. The maximum Gasteiger partial charge on any atom is 0.119 e. The Labute approximate surface area is 82.3 Å². The maximum absolute atomic E-state index is 2.57. The molecule has 78 valence electrons. The first-order chi connectivity index (χ1) is 6.11. The second kappa shape index (κ2) is 4.40. The predicted molar refractivity (Wildman–Crippen MR) is 56.6 cm³/mol. The molecule has 0 saturated carbocycles. The Kier molecular flexibility index (Phi) is 3.71. The number of likely N-dealkylation sites (N-methyl/N-ethyl adjacent to an activating group) is 2. The fourth-order valence-corrected chi connectivity index (χ4v) is 2.45. The molecule has 1 aliphatic rings. The zero-order valence-electron chi connectivity index (χ0n) is 9.62. The summed E-state index contributed by atoms with van der Waals surface area (Å²) in [6, 6.07) is 0.738. The second-order valence-corrected chi connectivity index (χ2v) is 4.14. The molecule has 0 aromatic carbocycles. The van der Waals surface area contributed by atoms with Gasteiger partial charge in [-0.2, -0.15) is 0 Å². The molecule has 1 fully saturated rings. The van der Waals surface area contributed by atoms with Crippen LogP contribution in [0.25, 0.3) is 0 Å². The largest absolute Gasteiger partial charge is 0.282 e. The van der Waals surface area contributed by atoms with E-state index in [1.807, 2.05) is 0 Å². The van der Waals surface area contributed by atoms with Crippen LogP contribution in [0.5, 0.6) is 0 Å². The SMILES string of the molecule is CCC1CN(C)C(N(C)C)N1CC. The van der Waals surface area contributed by atoms with E-state index in [0.717, 1.165) is 12.6 Å². The topological polar surface area (TPSA) is 9.72 Å². The van der Waals surface area contributed by atoms with E-state index in [1.165, 1.54) is 13.0 Å². The van der Waals surface area contributed by atoms with Crippen molar-refractivity contribution in [3.63, 3.8) is 0 Å². The summed E-state index contributed by atoms with van der Waals surface area (Å²) in [7, 11) is 6.52. The Morgan fingerprint density at radius 2 is 1.92 bits per heavy atom. The molecular weight excluding hydrogens is 162 g/mol. The second-order valence-electron chi connectivity index (χ2n) is 4.14. The van der Waals surface area contributed by atoms with Crippen LogP contribution in [0.3, 0.4) is 0 Å². The first-order valence-electron chi connectivity index (χ1n) is 5.24. The summed E-state index contributed by atoms with van der Waals surface area (Å²) >= 11 is 0. The number of nitrogens with zero attached hydrogens (tertiary/aromatic N) is 3. The van der Waals surface area contributed by atoms with Gasteiger partial charge in [-0.1, -0.05) is 13.8 Å². The molecule has 0 aromatic heterocycles. The van der Waals surface area contributed by atoms with Gasteiger partial charge in [0.25, 0.3) is 0 Å². The van der Waals surface area contributed by atoms with Crippen LogP contribution < -0.4 is 0 Å². The molecule has 0 amide bonds. The van der Waals surface area contributed by atoms with Crippen molar-refractivity contribution < 1.29 is 0 Å². The third-order valence-electron chi connectivity index (χ3n) is 2.96. The van der Waals surface area contributed by atoms with Crippen molar-refractivity contribution in [3.05, 3.63) is 0 Å². The zero-order valence-corrected chi connectivity index (χ0v) is 9.62. The van der Waals surface area contributed by atoms with Crippen LogP contribution in [-0.2, 0) is 0 Å². The Morgan fingerprint density at radius 1 is 1.31 bits per heavy atom. The fourth-order valence-electron chi connectivity index (χ4n) is 2.45. The highest BCUT2D eigenvalue weighted by Gasteiger charge is 2.36. The molecule has 0 aromatic rings. The lowest BCUT2D eigenvalue weighted by molar-refractivity contribution is 0.0232. The van der Waals surface area contributed by atoms with Crippen LogP contribution in [0.2, 0.25) is 0 Å². The monoisotopic (exact) mass is 185 g/mol. The molecule has 0 radical (unpaired) electrons. The number of hydrogen-bond acceptors (Lipinski definition) is 3. The van der Waals surface area contributed by atoms with E-state index in [9.17, 15) is 0 Å². The number of hydrogen-bond donors (Lipinski definition) is 0. The molecule has 1 heterocycles. The van der Waals surface area contributed by atoms with Crippen molar-refractivity contribution in [1.82, 2.24) is 14.7 Å². The molecule has 0 N–H and O–H groups in total. The van der Waals surface area contributed by atoms with Crippen molar-refractivity contribution in [1.29, 1.82) is 0 Å². The van der Waals surface area contributed by atoms with E-state index in [4.69, 9.17) is 0 Å². The highest BCUT2D eigenvalue weighted by Crippen LogP contribution is 2.21. The minimum atomic E-state index is 0.495. The number of rotatable bonds is 3. The zero-order chi connectivity index (χ0) is 10.0. The first-order valence-corrected chi connectivity index (χ1v) is 5.24. The summed E-state index contributed by atoms with van der Waals surface area (Å²) < 4.78 is 0. The molecule has 13 heavy (non-hydrogen) atoms. The van der Waals surface area contributed by atoms with E-state index in [2.05, 4.69) is 49.7 Å². The van der Waals surface area contributed by atoms with Gasteiger partial charge in [-0.3, -0.25) is 14.7 Å². The van der Waals surface area contributed by atoms with Crippen LogP contribution in [0.15, 0.2) is 0 Å². The fraction of sp³-hybridized carbons (Fsp3) is 1.00. The molecule has 1 rings (SSSR count). The van der Waals surface area contributed by atoms with Gasteiger partial charge in [0.2, 0.25) is 0 Å². The van der Waals surface area contributed by atoms with Crippen molar-refractivity contribution in [2.45, 2.75) is 32.6 Å². The van der Waals surface area contributed by atoms with Gasteiger partial charge >= 0.3 is 0 Å². The third-order valence-corrected chi connectivity index (χ3v) is 2.96. The van der Waals surface area contributed by atoms with E-state index in [1.54, 1.807) is 0 Å². The van der Waals surface area contributed by atoms with Gasteiger partial charge in [0, 0.05) is 12.6 Å². The average Bonchev–Trinajstić information content (AvgIpc) is 2.41. The van der Waals surface area contributed by atoms with Crippen molar-refractivity contribution in [3.8, 4) is 0 Å². The van der Waals surface area contributed by atoms with Gasteiger partial charge in [-0.25, -0.2) is 0 Å². The lowest BCUT2D eigenvalue weighted by Crippen LogP contribution is -2.48. The lowest BCUT2D eigenvalue weighted by Gasteiger charge is -2.34. The third kappa shape index (κ3) is 2.03. The minimum Gasteiger partial charge on any atom is -0.282 e. The summed E-state index contributed by atoms with van der Waals surface area (Å²) in [4.78, 5) is 7.29. The molecule has 3 heteroatoms. The van der Waals surface area contributed by atoms with Gasteiger partial charge in [0.05, 0.1) is 0 Å². The first kappa shape index (κ1) is 11.0.